The zero-order chi connectivity index (χ0) is 25.9. The van der Waals surface area contributed by atoms with Gasteiger partial charge in [-0.05, 0) is 90.8 Å². The molecular weight excluding hydrogens is 440 g/mol. The van der Waals surface area contributed by atoms with Crippen molar-refractivity contribution in [3.05, 3.63) is 12.2 Å². The SMILES string of the molecule is CC(=O)O[C@H]1C[C@H]2[C@@H]3[C@@H](O)[C@@H](O)[C@H]4C[C@@H](O)CC[C@]4(C)[C@H]3CC[C@]2(C)[C@H]1[C@H](C)/C=C/[C@H](C)C(C)C. The summed E-state index contributed by atoms with van der Waals surface area (Å²) in [6.45, 7) is 15.1. The molecule has 200 valence electrons. The fourth-order valence-corrected chi connectivity index (χ4v) is 9.24. The van der Waals surface area contributed by atoms with E-state index in [1.165, 1.54) is 6.92 Å². The van der Waals surface area contributed by atoms with Crippen molar-refractivity contribution >= 4 is 5.97 Å². The summed E-state index contributed by atoms with van der Waals surface area (Å²) in [5.41, 5.74) is -0.138. The van der Waals surface area contributed by atoms with Crippen molar-refractivity contribution in [2.24, 2.45) is 58.2 Å². The lowest BCUT2D eigenvalue weighted by atomic mass is 9.43. The van der Waals surface area contributed by atoms with Crippen LogP contribution in [0, 0.1) is 58.2 Å². The van der Waals surface area contributed by atoms with Gasteiger partial charge >= 0.3 is 5.97 Å². The Kier molecular flexibility index (Phi) is 7.57. The molecule has 5 heteroatoms. The van der Waals surface area contributed by atoms with Crippen LogP contribution in [0.4, 0.5) is 0 Å². The second-order valence-electron chi connectivity index (χ2n) is 13.6. The first-order valence-corrected chi connectivity index (χ1v) is 14.2. The molecule has 13 atom stereocenters. The van der Waals surface area contributed by atoms with E-state index in [2.05, 4.69) is 53.7 Å². The fourth-order valence-electron chi connectivity index (χ4n) is 9.24. The van der Waals surface area contributed by atoms with Gasteiger partial charge in [-0.1, -0.05) is 53.7 Å². The molecule has 0 aromatic carbocycles. The zero-order valence-electron chi connectivity index (χ0n) is 23.0. The van der Waals surface area contributed by atoms with Crippen molar-refractivity contribution < 1.29 is 24.9 Å². The molecule has 0 heterocycles. The van der Waals surface area contributed by atoms with Gasteiger partial charge in [0.15, 0.2) is 0 Å². The standard InChI is InChI=1S/C30H50O5/c1-16(2)17(3)8-9-18(4)26-24(35-19(5)31)15-22-25-21(11-13-30(22,26)7)29(6)12-10-20(32)14-23(29)27(33)28(25)34/h8-9,16-18,20-28,32-34H,10-15H2,1-7H3/b9-8+/t17-,18+,20-,21-,22-,23+,24-,25+,26-,27-,28+,29+,30-/m0/s1. The Labute approximate surface area is 212 Å². The summed E-state index contributed by atoms with van der Waals surface area (Å²) < 4.78 is 5.99. The van der Waals surface area contributed by atoms with Gasteiger partial charge in [0.1, 0.15) is 6.10 Å². The zero-order valence-corrected chi connectivity index (χ0v) is 23.0. The maximum absolute atomic E-state index is 12.1. The molecule has 4 saturated carbocycles. The van der Waals surface area contributed by atoms with Gasteiger partial charge in [-0.2, -0.15) is 0 Å². The number of hydrogen-bond acceptors (Lipinski definition) is 5. The first kappa shape index (κ1) is 27.1. The van der Waals surface area contributed by atoms with Crippen LogP contribution in [-0.4, -0.2) is 45.7 Å². The molecule has 0 amide bonds. The fraction of sp³-hybridized carbons (Fsp3) is 0.900. The largest absolute Gasteiger partial charge is 0.462 e. The topological polar surface area (TPSA) is 87.0 Å². The second kappa shape index (κ2) is 9.76. The van der Waals surface area contributed by atoms with Crippen LogP contribution in [0.2, 0.25) is 0 Å². The number of allylic oxidation sites excluding steroid dienone is 2. The van der Waals surface area contributed by atoms with Gasteiger partial charge < -0.3 is 20.1 Å². The van der Waals surface area contributed by atoms with E-state index in [0.717, 1.165) is 32.1 Å². The number of aliphatic hydroxyl groups is 3. The van der Waals surface area contributed by atoms with Crippen molar-refractivity contribution in [1.29, 1.82) is 0 Å². The highest BCUT2D eigenvalue weighted by Crippen LogP contribution is 2.68. The van der Waals surface area contributed by atoms with Crippen molar-refractivity contribution in [3.8, 4) is 0 Å². The summed E-state index contributed by atoms with van der Waals surface area (Å²) in [6.07, 6.45) is 7.57. The number of hydrogen-bond donors (Lipinski definition) is 3. The summed E-state index contributed by atoms with van der Waals surface area (Å²) >= 11 is 0. The van der Waals surface area contributed by atoms with Crippen LogP contribution in [0.3, 0.4) is 0 Å². The Morgan fingerprint density at radius 3 is 2.17 bits per heavy atom. The van der Waals surface area contributed by atoms with Crippen LogP contribution in [-0.2, 0) is 9.53 Å². The molecule has 3 N–H and O–H groups in total. The molecule has 0 spiro atoms. The third-order valence-corrected chi connectivity index (χ3v) is 11.5. The smallest absolute Gasteiger partial charge is 0.302 e. The van der Waals surface area contributed by atoms with Gasteiger partial charge in [0.2, 0.25) is 0 Å². The van der Waals surface area contributed by atoms with Crippen LogP contribution in [0.15, 0.2) is 12.2 Å². The number of ether oxygens (including phenoxy) is 1. The predicted octanol–water partition coefficient (Wildman–Crippen LogP) is 4.97. The normalized spacial score (nSPS) is 49.3. The van der Waals surface area contributed by atoms with E-state index in [4.69, 9.17) is 4.74 Å². The van der Waals surface area contributed by atoms with E-state index in [1.54, 1.807) is 0 Å². The minimum absolute atomic E-state index is 0.00549. The van der Waals surface area contributed by atoms with E-state index in [9.17, 15) is 20.1 Å². The maximum Gasteiger partial charge on any atom is 0.302 e. The first-order chi connectivity index (χ1) is 16.3. The van der Waals surface area contributed by atoms with E-state index >= 15 is 0 Å². The van der Waals surface area contributed by atoms with Crippen LogP contribution in [0.5, 0.6) is 0 Å². The van der Waals surface area contributed by atoms with Crippen LogP contribution >= 0.6 is 0 Å². The molecule has 0 unspecified atom stereocenters. The van der Waals surface area contributed by atoms with Gasteiger partial charge in [-0.15, -0.1) is 0 Å². The Bertz CT molecular complexity index is 809. The monoisotopic (exact) mass is 490 g/mol. The van der Waals surface area contributed by atoms with Gasteiger partial charge in [-0.3, -0.25) is 4.79 Å². The van der Waals surface area contributed by atoms with Gasteiger partial charge in [0.25, 0.3) is 0 Å². The van der Waals surface area contributed by atoms with Crippen molar-refractivity contribution in [2.45, 2.75) is 111 Å². The third kappa shape index (κ3) is 4.52. The first-order valence-electron chi connectivity index (χ1n) is 14.2. The lowest BCUT2D eigenvalue weighted by molar-refractivity contribution is -0.223. The molecule has 0 aromatic rings. The van der Waals surface area contributed by atoms with Crippen LogP contribution in [0.25, 0.3) is 0 Å². The van der Waals surface area contributed by atoms with Gasteiger partial charge in [-0.25, -0.2) is 0 Å². The number of fused-ring (bicyclic) bond motifs is 5. The molecule has 35 heavy (non-hydrogen) atoms. The predicted molar refractivity (Wildman–Crippen MR) is 137 cm³/mol. The molecule has 4 aliphatic rings. The van der Waals surface area contributed by atoms with Gasteiger partial charge in [0.05, 0.1) is 18.3 Å². The van der Waals surface area contributed by atoms with Crippen LogP contribution in [0.1, 0.15) is 87.0 Å². The van der Waals surface area contributed by atoms with E-state index < -0.39 is 12.2 Å². The molecule has 0 radical (unpaired) electrons. The minimum Gasteiger partial charge on any atom is -0.462 e. The summed E-state index contributed by atoms with van der Waals surface area (Å²) in [7, 11) is 0. The van der Waals surface area contributed by atoms with Crippen molar-refractivity contribution in [3.63, 3.8) is 0 Å². The minimum atomic E-state index is -0.811. The second-order valence-corrected chi connectivity index (χ2v) is 13.6. The number of aliphatic hydroxyl groups excluding tert-OH is 3. The highest BCUT2D eigenvalue weighted by atomic mass is 16.5. The Morgan fingerprint density at radius 2 is 1.54 bits per heavy atom. The Morgan fingerprint density at radius 1 is 0.886 bits per heavy atom. The number of carbonyl (C=O) groups is 1. The molecule has 4 fully saturated rings. The molecule has 4 aliphatic carbocycles. The van der Waals surface area contributed by atoms with Crippen molar-refractivity contribution in [2.75, 3.05) is 0 Å². The molecule has 4 rings (SSSR count). The molecule has 0 bridgehead atoms. The average molecular weight is 491 g/mol. The van der Waals surface area contributed by atoms with E-state index in [0.29, 0.717) is 24.2 Å². The summed E-state index contributed by atoms with van der Waals surface area (Å²) in [5, 5.41) is 33.2. The van der Waals surface area contributed by atoms with Crippen LogP contribution < -0.4 is 0 Å². The maximum atomic E-state index is 12.1. The molecule has 0 aliphatic heterocycles. The number of rotatable bonds is 5. The molecule has 5 nitrogen and oxygen atoms in total. The van der Waals surface area contributed by atoms with E-state index in [1.807, 2.05) is 0 Å². The number of carbonyl (C=O) groups excluding carboxylic acids is 1. The lowest BCUT2D eigenvalue weighted by Gasteiger charge is -2.63. The highest BCUT2D eigenvalue weighted by Gasteiger charge is 2.67. The third-order valence-electron chi connectivity index (χ3n) is 11.5. The molecule has 0 aromatic heterocycles. The van der Waals surface area contributed by atoms with Crippen molar-refractivity contribution in [1.82, 2.24) is 0 Å². The Balaban J connectivity index is 1.68. The summed E-state index contributed by atoms with van der Waals surface area (Å²) in [4.78, 5) is 12.1. The summed E-state index contributed by atoms with van der Waals surface area (Å²) in [6, 6.07) is 0. The highest BCUT2D eigenvalue weighted by molar-refractivity contribution is 5.66. The number of esters is 1. The van der Waals surface area contributed by atoms with E-state index in [-0.39, 0.29) is 58.6 Å². The quantitative estimate of drug-likeness (QED) is 0.374. The molecular formula is C30H50O5. The molecule has 0 saturated heterocycles. The average Bonchev–Trinajstić information content (AvgIpc) is 3.07. The Hall–Kier alpha value is -0.910. The summed E-state index contributed by atoms with van der Waals surface area (Å²) in [5.74, 6) is 1.72. The lowest BCUT2D eigenvalue weighted by Crippen LogP contribution is -2.64. The van der Waals surface area contributed by atoms with Gasteiger partial charge in [0, 0.05) is 12.8 Å².